The van der Waals surface area contributed by atoms with Crippen molar-refractivity contribution in [2.45, 2.75) is 19.8 Å². The van der Waals surface area contributed by atoms with Crippen molar-refractivity contribution in [1.29, 1.82) is 0 Å². The highest BCUT2D eigenvalue weighted by molar-refractivity contribution is 5.93. The van der Waals surface area contributed by atoms with Gasteiger partial charge >= 0.3 is 0 Å². The molecule has 146 valence electrons. The summed E-state index contributed by atoms with van der Waals surface area (Å²) in [5.74, 6) is 0.507. The van der Waals surface area contributed by atoms with E-state index in [0.29, 0.717) is 37.7 Å². The fraction of sp³-hybridized carbons (Fsp3) is 0.556. The van der Waals surface area contributed by atoms with Crippen LogP contribution in [-0.2, 0) is 9.59 Å². The van der Waals surface area contributed by atoms with Gasteiger partial charge in [-0.25, -0.2) is 0 Å². The minimum absolute atomic E-state index is 0. The molecule has 1 atom stereocenters. The second kappa shape index (κ2) is 11.7. The van der Waals surface area contributed by atoms with Crippen LogP contribution in [0.3, 0.4) is 0 Å². The van der Waals surface area contributed by atoms with Crippen LogP contribution in [0.1, 0.15) is 19.8 Å². The maximum Gasteiger partial charge on any atom is 0.238 e. The second-order valence-corrected chi connectivity index (χ2v) is 6.13. The highest BCUT2D eigenvalue weighted by Gasteiger charge is 2.26. The Labute approximate surface area is 161 Å². The maximum atomic E-state index is 12.4. The molecule has 0 aliphatic carbocycles. The molecule has 0 saturated carbocycles. The number of nitrogens with one attached hydrogen (secondary N) is 2. The monoisotopic (exact) mass is 384 g/mol. The van der Waals surface area contributed by atoms with Crippen molar-refractivity contribution in [2.24, 2.45) is 11.7 Å². The van der Waals surface area contributed by atoms with E-state index in [1.165, 1.54) is 0 Å². The van der Waals surface area contributed by atoms with Crippen LogP contribution in [0.4, 0.5) is 5.69 Å². The molecule has 1 heterocycles. The minimum Gasteiger partial charge on any atom is -0.492 e. The number of hydrogen-bond donors (Lipinski definition) is 3. The fourth-order valence-electron chi connectivity index (χ4n) is 3.00. The highest BCUT2D eigenvalue weighted by atomic mass is 35.5. The van der Waals surface area contributed by atoms with Crippen molar-refractivity contribution in [3.05, 3.63) is 24.3 Å². The zero-order valence-corrected chi connectivity index (χ0v) is 16.0. The number of anilines is 1. The first-order valence-corrected chi connectivity index (χ1v) is 8.85. The van der Waals surface area contributed by atoms with E-state index in [2.05, 4.69) is 10.6 Å². The topological polar surface area (TPSA) is 96.7 Å². The summed E-state index contributed by atoms with van der Waals surface area (Å²) >= 11 is 0. The number of rotatable bonds is 8. The number of likely N-dealkylation sites (tertiary alicyclic amines) is 1. The summed E-state index contributed by atoms with van der Waals surface area (Å²) in [7, 11) is 0. The molecule has 2 amide bonds. The van der Waals surface area contributed by atoms with Crippen LogP contribution in [-0.4, -0.2) is 56.0 Å². The maximum absolute atomic E-state index is 12.4. The van der Waals surface area contributed by atoms with Crippen molar-refractivity contribution in [3.8, 4) is 5.75 Å². The van der Waals surface area contributed by atoms with E-state index in [9.17, 15) is 9.59 Å². The Morgan fingerprint density at radius 2 is 2.12 bits per heavy atom. The van der Waals surface area contributed by atoms with Crippen molar-refractivity contribution in [3.63, 3.8) is 0 Å². The molecule has 0 spiro atoms. The largest absolute Gasteiger partial charge is 0.492 e. The molecule has 26 heavy (non-hydrogen) atoms. The second-order valence-electron chi connectivity index (χ2n) is 6.13. The third kappa shape index (κ3) is 6.82. The lowest BCUT2D eigenvalue weighted by Crippen LogP contribution is -2.46. The van der Waals surface area contributed by atoms with Crippen molar-refractivity contribution < 1.29 is 14.3 Å². The van der Waals surface area contributed by atoms with Gasteiger partial charge in [-0.3, -0.25) is 14.5 Å². The van der Waals surface area contributed by atoms with Crippen LogP contribution in [0, 0.1) is 5.92 Å². The van der Waals surface area contributed by atoms with Gasteiger partial charge in [-0.15, -0.1) is 12.4 Å². The predicted octanol–water partition coefficient (Wildman–Crippen LogP) is 1.23. The Bertz CT molecular complexity index is 585. The van der Waals surface area contributed by atoms with Crippen LogP contribution in [0.2, 0.25) is 0 Å². The van der Waals surface area contributed by atoms with E-state index in [1.54, 1.807) is 0 Å². The lowest BCUT2D eigenvalue weighted by Gasteiger charge is -2.31. The lowest BCUT2D eigenvalue weighted by molar-refractivity contribution is -0.127. The number of nitrogens with zero attached hydrogens (tertiary/aromatic N) is 1. The molecule has 7 nitrogen and oxygen atoms in total. The van der Waals surface area contributed by atoms with Gasteiger partial charge < -0.3 is 21.1 Å². The Balaban J connectivity index is 0.00000338. The standard InChI is InChI=1S/C18H28N4O3.ClH/c1-2-25-16-8-4-3-7-15(16)21-17(23)13-22-11-5-6-14(12-22)18(24)20-10-9-19;/h3-4,7-8,14H,2,5-6,9-13,19H2,1H3,(H,20,24)(H,21,23);1H. The molecule has 1 aliphatic rings. The summed E-state index contributed by atoms with van der Waals surface area (Å²) in [6, 6.07) is 7.38. The molecule has 1 unspecified atom stereocenters. The Hall–Kier alpha value is -1.83. The van der Waals surface area contributed by atoms with E-state index < -0.39 is 0 Å². The van der Waals surface area contributed by atoms with Crippen LogP contribution in [0.25, 0.3) is 0 Å². The number of halogens is 1. The lowest BCUT2D eigenvalue weighted by atomic mass is 9.97. The molecule has 0 aromatic heterocycles. The SMILES string of the molecule is CCOc1ccccc1NC(=O)CN1CCCC(C(=O)NCCN)C1.Cl. The number of benzene rings is 1. The number of piperidine rings is 1. The Morgan fingerprint density at radius 3 is 2.85 bits per heavy atom. The number of carbonyl (C=O) groups excluding carboxylic acids is 2. The van der Waals surface area contributed by atoms with Crippen molar-refractivity contribution >= 4 is 29.9 Å². The third-order valence-corrected chi connectivity index (χ3v) is 4.15. The quantitative estimate of drug-likeness (QED) is 0.626. The van der Waals surface area contributed by atoms with Gasteiger partial charge in [-0.05, 0) is 38.4 Å². The Kier molecular flexibility index (Phi) is 10.0. The van der Waals surface area contributed by atoms with E-state index in [0.717, 1.165) is 19.4 Å². The van der Waals surface area contributed by atoms with Crippen molar-refractivity contribution in [1.82, 2.24) is 10.2 Å². The number of ether oxygens (including phenoxy) is 1. The van der Waals surface area contributed by atoms with Crippen molar-refractivity contribution in [2.75, 3.05) is 44.6 Å². The van der Waals surface area contributed by atoms with E-state index in [4.69, 9.17) is 10.5 Å². The van der Waals surface area contributed by atoms with Crippen LogP contribution >= 0.6 is 12.4 Å². The number of hydrogen-bond acceptors (Lipinski definition) is 5. The molecule has 1 saturated heterocycles. The zero-order chi connectivity index (χ0) is 18.1. The first kappa shape index (κ1) is 22.2. The third-order valence-electron chi connectivity index (χ3n) is 4.15. The van der Waals surface area contributed by atoms with Gasteiger partial charge in [-0.2, -0.15) is 0 Å². The minimum atomic E-state index is -0.102. The molecule has 8 heteroatoms. The molecule has 4 N–H and O–H groups in total. The Morgan fingerprint density at radius 1 is 1.35 bits per heavy atom. The van der Waals surface area contributed by atoms with E-state index in [1.807, 2.05) is 36.1 Å². The average Bonchev–Trinajstić information content (AvgIpc) is 2.61. The molecule has 1 aromatic carbocycles. The van der Waals surface area contributed by atoms with Gasteiger partial charge in [0.15, 0.2) is 0 Å². The number of nitrogens with two attached hydrogens (primary N) is 1. The van der Waals surface area contributed by atoms with Crippen LogP contribution < -0.4 is 21.1 Å². The van der Waals surface area contributed by atoms with Gasteiger partial charge in [0.2, 0.25) is 11.8 Å². The molecule has 1 aliphatic heterocycles. The molecule has 2 rings (SSSR count). The summed E-state index contributed by atoms with van der Waals surface area (Å²) in [6.45, 7) is 5.05. The number of carbonyl (C=O) groups is 2. The van der Waals surface area contributed by atoms with Gasteiger partial charge in [0.25, 0.3) is 0 Å². The van der Waals surface area contributed by atoms with Gasteiger partial charge in [-0.1, -0.05) is 12.1 Å². The first-order chi connectivity index (χ1) is 12.1. The number of para-hydroxylation sites is 2. The van der Waals surface area contributed by atoms with Gasteiger partial charge in [0, 0.05) is 19.6 Å². The molecule has 0 radical (unpaired) electrons. The summed E-state index contributed by atoms with van der Waals surface area (Å²) in [4.78, 5) is 26.5. The zero-order valence-electron chi connectivity index (χ0n) is 15.2. The van der Waals surface area contributed by atoms with Gasteiger partial charge in [0.05, 0.1) is 24.8 Å². The van der Waals surface area contributed by atoms with Crippen LogP contribution in [0.5, 0.6) is 5.75 Å². The summed E-state index contributed by atoms with van der Waals surface area (Å²) in [5.41, 5.74) is 6.09. The highest BCUT2D eigenvalue weighted by Crippen LogP contribution is 2.24. The molecule has 1 fully saturated rings. The smallest absolute Gasteiger partial charge is 0.238 e. The predicted molar refractivity (Wildman–Crippen MR) is 105 cm³/mol. The fourth-order valence-corrected chi connectivity index (χ4v) is 3.00. The van der Waals surface area contributed by atoms with E-state index in [-0.39, 0.29) is 36.7 Å². The summed E-state index contributed by atoms with van der Waals surface area (Å²) < 4.78 is 5.52. The first-order valence-electron chi connectivity index (χ1n) is 8.85. The normalized spacial score (nSPS) is 17.1. The summed E-state index contributed by atoms with van der Waals surface area (Å²) in [5, 5.41) is 5.73. The van der Waals surface area contributed by atoms with Gasteiger partial charge in [0.1, 0.15) is 5.75 Å². The molecule has 0 bridgehead atoms. The molecular formula is C18H29ClN4O3. The van der Waals surface area contributed by atoms with Crippen LogP contribution in [0.15, 0.2) is 24.3 Å². The number of amides is 2. The van der Waals surface area contributed by atoms with E-state index >= 15 is 0 Å². The average molecular weight is 385 g/mol. The summed E-state index contributed by atoms with van der Waals surface area (Å²) in [6.07, 6.45) is 1.76. The molecule has 1 aromatic rings. The molecular weight excluding hydrogens is 356 g/mol.